The highest BCUT2D eigenvalue weighted by Gasteiger charge is 2.22. The molecule has 0 atom stereocenters. The Labute approximate surface area is 160 Å². The molecule has 3 aromatic rings. The van der Waals surface area contributed by atoms with E-state index in [1.807, 2.05) is 31.2 Å². The highest BCUT2D eigenvalue weighted by atomic mass is 32.1. The Morgan fingerprint density at radius 3 is 2.44 bits per heavy atom. The number of ether oxygens (including phenoxy) is 1. The Kier molecular flexibility index (Phi) is 5.14. The molecule has 0 aliphatic heterocycles. The van der Waals surface area contributed by atoms with E-state index in [1.165, 1.54) is 4.90 Å². The van der Waals surface area contributed by atoms with E-state index in [0.29, 0.717) is 16.9 Å². The van der Waals surface area contributed by atoms with Gasteiger partial charge in [0.25, 0.3) is 5.91 Å². The lowest BCUT2D eigenvalue weighted by molar-refractivity contribution is 0.0991. The molecule has 1 amide bonds. The predicted molar refractivity (Wildman–Crippen MR) is 107 cm³/mol. The molecular formula is C20H18N2O4S. The number of hydrogen-bond donors (Lipinski definition) is 2. The molecule has 0 aliphatic rings. The zero-order valence-electron chi connectivity index (χ0n) is 14.8. The Hall–Kier alpha value is -3.32. The molecule has 0 aliphatic carbocycles. The molecule has 1 heterocycles. The maximum atomic E-state index is 12.8. The van der Waals surface area contributed by atoms with Crippen molar-refractivity contribution in [2.75, 3.05) is 17.7 Å². The molecule has 7 heteroatoms. The third-order valence-corrected chi connectivity index (χ3v) is 5.05. The summed E-state index contributed by atoms with van der Waals surface area (Å²) >= 11 is 1.14. The van der Waals surface area contributed by atoms with Crippen molar-refractivity contribution < 1.29 is 19.4 Å². The van der Waals surface area contributed by atoms with E-state index in [0.717, 1.165) is 27.3 Å². The number of amides is 1. The Morgan fingerprint density at radius 2 is 1.81 bits per heavy atom. The van der Waals surface area contributed by atoms with Crippen LogP contribution >= 0.6 is 11.3 Å². The average molecular weight is 382 g/mol. The molecule has 0 radical (unpaired) electrons. The number of carbonyl (C=O) groups is 2. The van der Waals surface area contributed by atoms with Gasteiger partial charge < -0.3 is 20.5 Å². The quantitative estimate of drug-likeness (QED) is 0.506. The predicted octanol–water partition coefficient (Wildman–Crippen LogP) is 4.64. The van der Waals surface area contributed by atoms with Crippen LogP contribution in [-0.4, -0.2) is 24.2 Å². The molecule has 0 bridgehead atoms. The molecule has 27 heavy (non-hydrogen) atoms. The minimum Gasteiger partial charge on any atom is -0.449 e. The molecule has 2 aromatic carbocycles. The van der Waals surface area contributed by atoms with E-state index < -0.39 is 6.16 Å². The summed E-state index contributed by atoms with van der Waals surface area (Å²) in [4.78, 5) is 26.0. The molecule has 6 nitrogen and oxygen atoms in total. The normalized spacial score (nSPS) is 10.4. The van der Waals surface area contributed by atoms with Crippen LogP contribution in [-0.2, 0) is 0 Å². The first-order chi connectivity index (χ1) is 12.8. The number of hydrogen-bond acceptors (Lipinski definition) is 5. The van der Waals surface area contributed by atoms with Crippen molar-refractivity contribution in [2.24, 2.45) is 0 Å². The van der Waals surface area contributed by atoms with Gasteiger partial charge in [-0.15, -0.1) is 0 Å². The van der Waals surface area contributed by atoms with Gasteiger partial charge in [-0.3, -0.25) is 4.79 Å². The lowest BCUT2D eigenvalue weighted by atomic mass is 10.1. The SMILES string of the molecule is Cc1ccc(C(=O)N(C)c2cc(-c3cccc(N)c3)sc2OC(=O)O)cc1. The van der Waals surface area contributed by atoms with Gasteiger partial charge in [-0.2, -0.15) is 0 Å². The Balaban J connectivity index is 2.00. The van der Waals surface area contributed by atoms with Crippen LogP contribution in [0.1, 0.15) is 15.9 Å². The molecule has 3 N–H and O–H groups in total. The summed E-state index contributed by atoms with van der Waals surface area (Å²) in [6, 6.07) is 16.1. The van der Waals surface area contributed by atoms with Gasteiger partial charge in [0.05, 0.1) is 5.69 Å². The molecule has 0 saturated heterocycles. The van der Waals surface area contributed by atoms with E-state index >= 15 is 0 Å². The van der Waals surface area contributed by atoms with Crippen LogP contribution in [0.4, 0.5) is 16.2 Å². The fourth-order valence-corrected chi connectivity index (χ4v) is 3.61. The average Bonchev–Trinajstić information content (AvgIpc) is 3.04. The van der Waals surface area contributed by atoms with Crippen molar-refractivity contribution in [3.8, 4) is 15.5 Å². The van der Waals surface area contributed by atoms with E-state index in [2.05, 4.69) is 0 Å². The summed E-state index contributed by atoms with van der Waals surface area (Å²) < 4.78 is 4.91. The number of carboxylic acid groups (broad SMARTS) is 1. The van der Waals surface area contributed by atoms with Gasteiger partial charge in [-0.1, -0.05) is 41.2 Å². The van der Waals surface area contributed by atoms with Gasteiger partial charge in [0.2, 0.25) is 5.06 Å². The van der Waals surface area contributed by atoms with Crippen LogP contribution < -0.4 is 15.4 Å². The van der Waals surface area contributed by atoms with Crippen LogP contribution in [0.3, 0.4) is 0 Å². The minimum absolute atomic E-state index is 0.128. The molecular weight excluding hydrogens is 364 g/mol. The summed E-state index contributed by atoms with van der Waals surface area (Å²) in [5, 5.41) is 9.17. The second-order valence-corrected chi connectivity index (χ2v) is 7.02. The number of benzene rings is 2. The van der Waals surface area contributed by atoms with Gasteiger partial charge in [0, 0.05) is 23.2 Å². The smallest absolute Gasteiger partial charge is 0.449 e. The number of thiophene rings is 1. The van der Waals surface area contributed by atoms with Crippen molar-refractivity contribution in [1.82, 2.24) is 0 Å². The highest BCUT2D eigenvalue weighted by Crippen LogP contribution is 2.43. The van der Waals surface area contributed by atoms with Crippen molar-refractivity contribution in [2.45, 2.75) is 6.92 Å². The summed E-state index contributed by atoms with van der Waals surface area (Å²) in [5.41, 5.74) is 9.17. The Bertz CT molecular complexity index is 995. The zero-order valence-corrected chi connectivity index (χ0v) is 15.6. The Morgan fingerprint density at radius 1 is 1.11 bits per heavy atom. The topological polar surface area (TPSA) is 92.9 Å². The van der Waals surface area contributed by atoms with Crippen LogP contribution in [0.5, 0.6) is 5.06 Å². The maximum absolute atomic E-state index is 12.8. The molecule has 0 fully saturated rings. The van der Waals surface area contributed by atoms with Crippen molar-refractivity contribution in [1.29, 1.82) is 0 Å². The minimum atomic E-state index is -1.44. The van der Waals surface area contributed by atoms with E-state index in [1.54, 1.807) is 37.4 Å². The maximum Gasteiger partial charge on any atom is 0.512 e. The lowest BCUT2D eigenvalue weighted by Crippen LogP contribution is -2.26. The molecule has 0 unspecified atom stereocenters. The third-order valence-electron chi connectivity index (χ3n) is 4.00. The lowest BCUT2D eigenvalue weighted by Gasteiger charge is -2.17. The summed E-state index contributed by atoms with van der Waals surface area (Å²) in [6.45, 7) is 1.94. The first-order valence-electron chi connectivity index (χ1n) is 8.10. The van der Waals surface area contributed by atoms with E-state index in [4.69, 9.17) is 15.6 Å². The number of nitrogens with zero attached hydrogens (tertiary/aromatic N) is 1. The molecule has 1 aromatic heterocycles. The summed E-state index contributed by atoms with van der Waals surface area (Å²) in [6.07, 6.45) is -1.44. The van der Waals surface area contributed by atoms with E-state index in [9.17, 15) is 9.59 Å². The van der Waals surface area contributed by atoms with Gasteiger partial charge >= 0.3 is 6.16 Å². The number of nitrogens with two attached hydrogens (primary N) is 1. The number of nitrogen functional groups attached to an aromatic ring is 1. The van der Waals surface area contributed by atoms with Crippen molar-refractivity contribution >= 4 is 34.8 Å². The van der Waals surface area contributed by atoms with Crippen LogP contribution in [0, 0.1) is 6.92 Å². The van der Waals surface area contributed by atoms with Crippen LogP contribution in [0.15, 0.2) is 54.6 Å². The van der Waals surface area contributed by atoms with Gasteiger partial charge in [0.15, 0.2) is 0 Å². The third kappa shape index (κ3) is 4.09. The first-order valence-corrected chi connectivity index (χ1v) is 8.92. The second kappa shape index (κ2) is 7.51. The van der Waals surface area contributed by atoms with Crippen LogP contribution in [0.25, 0.3) is 10.4 Å². The largest absolute Gasteiger partial charge is 0.512 e. The highest BCUT2D eigenvalue weighted by molar-refractivity contribution is 7.18. The number of anilines is 2. The van der Waals surface area contributed by atoms with Crippen molar-refractivity contribution in [3.05, 3.63) is 65.7 Å². The molecule has 0 saturated carbocycles. The van der Waals surface area contributed by atoms with E-state index in [-0.39, 0.29) is 11.0 Å². The molecule has 0 spiro atoms. The first kappa shape index (κ1) is 18.5. The number of rotatable bonds is 4. The van der Waals surface area contributed by atoms with Gasteiger partial charge in [-0.05, 0) is 42.8 Å². The fourth-order valence-electron chi connectivity index (χ4n) is 2.58. The zero-order chi connectivity index (χ0) is 19.6. The van der Waals surface area contributed by atoms with Gasteiger partial charge in [0.1, 0.15) is 0 Å². The standard InChI is InChI=1S/C20H18N2O4S/c1-12-6-8-13(9-7-12)18(23)22(2)16-11-17(27-19(16)26-20(24)25)14-4-3-5-15(21)10-14/h3-11H,21H2,1-2H3,(H,24,25). The summed E-state index contributed by atoms with van der Waals surface area (Å²) in [5.74, 6) is -0.262. The number of aryl methyl sites for hydroxylation is 1. The summed E-state index contributed by atoms with van der Waals surface area (Å²) in [7, 11) is 1.59. The van der Waals surface area contributed by atoms with Gasteiger partial charge in [-0.25, -0.2) is 4.79 Å². The van der Waals surface area contributed by atoms with Crippen LogP contribution in [0.2, 0.25) is 0 Å². The molecule has 3 rings (SSSR count). The number of carbonyl (C=O) groups excluding carboxylic acids is 1. The molecule has 138 valence electrons. The fraction of sp³-hybridized carbons (Fsp3) is 0.100. The monoisotopic (exact) mass is 382 g/mol. The van der Waals surface area contributed by atoms with Crippen molar-refractivity contribution in [3.63, 3.8) is 0 Å². The second-order valence-electron chi connectivity index (χ2n) is 6.01.